The van der Waals surface area contributed by atoms with E-state index >= 15 is 0 Å². The summed E-state index contributed by atoms with van der Waals surface area (Å²) in [6.07, 6.45) is 0. The fourth-order valence-electron chi connectivity index (χ4n) is 9.99. The molecule has 0 unspecified atom stereocenters. The van der Waals surface area contributed by atoms with Gasteiger partial charge in [-0.1, -0.05) is 212 Å². The van der Waals surface area contributed by atoms with Crippen molar-refractivity contribution in [3.05, 3.63) is 267 Å². The van der Waals surface area contributed by atoms with Crippen molar-refractivity contribution in [1.29, 1.82) is 0 Å². The van der Waals surface area contributed by atoms with E-state index in [1.165, 1.54) is 82.6 Å². The molecule has 0 fully saturated rings. The lowest BCUT2D eigenvalue weighted by molar-refractivity contribution is 1.17. The maximum absolute atomic E-state index is 2.40. The Kier molecular flexibility index (Phi) is 9.89. The Morgan fingerprint density at radius 1 is 0.258 bits per heavy atom. The molecule has 11 aromatic carbocycles. The van der Waals surface area contributed by atoms with Crippen molar-refractivity contribution in [3.8, 4) is 61.3 Å². The van der Waals surface area contributed by atoms with Crippen LogP contribution in [0.1, 0.15) is 0 Å². The standard InChI is InChI=1S/C64H44N2/c1-3-18-45(19-4-1)56-27-9-10-30-61(56)64-57(47-20-5-2-6-21-47)32-17-33-58(64)49-38-42-51(43-39-49)65(50-40-36-48(37-41-50)55-31-15-23-46-22-7-8-26-54(46)55)52-24-16-25-53(44-52)66-62-34-13-11-28-59(62)60-29-12-14-35-63(60)66/h1-44H. The SMILES string of the molecule is c1ccc(-c2ccccc2-c2c(-c3ccccc3)cccc2-c2ccc(N(c3ccc(-c4cccc5ccccc45)cc3)c3cccc(-n4c5ccccc5c5ccccc54)c3)cc2)cc1. The zero-order chi connectivity index (χ0) is 43.8. The van der Waals surface area contributed by atoms with E-state index in [0.29, 0.717) is 0 Å². The van der Waals surface area contributed by atoms with Gasteiger partial charge in [-0.05, 0) is 121 Å². The summed E-state index contributed by atoms with van der Waals surface area (Å²) < 4.78 is 2.40. The van der Waals surface area contributed by atoms with Crippen LogP contribution in [0.25, 0.3) is 93.9 Å². The van der Waals surface area contributed by atoms with Crippen LogP contribution >= 0.6 is 0 Å². The number of rotatable bonds is 9. The smallest absolute Gasteiger partial charge is 0.0541 e. The highest BCUT2D eigenvalue weighted by Crippen LogP contribution is 2.45. The average molecular weight is 841 g/mol. The summed E-state index contributed by atoms with van der Waals surface area (Å²) in [5.74, 6) is 0. The van der Waals surface area contributed by atoms with Crippen molar-refractivity contribution in [3.63, 3.8) is 0 Å². The first-order valence-electron chi connectivity index (χ1n) is 22.7. The van der Waals surface area contributed by atoms with Gasteiger partial charge in [-0.3, -0.25) is 0 Å². The van der Waals surface area contributed by atoms with Crippen LogP contribution in [-0.2, 0) is 0 Å². The predicted molar refractivity (Wildman–Crippen MR) is 280 cm³/mol. The summed E-state index contributed by atoms with van der Waals surface area (Å²) >= 11 is 0. The summed E-state index contributed by atoms with van der Waals surface area (Å²) in [7, 11) is 0. The molecule has 66 heavy (non-hydrogen) atoms. The number of fused-ring (bicyclic) bond motifs is 4. The number of benzene rings is 11. The van der Waals surface area contributed by atoms with Gasteiger partial charge in [0.05, 0.1) is 11.0 Å². The van der Waals surface area contributed by atoms with Crippen molar-refractivity contribution in [2.24, 2.45) is 0 Å². The van der Waals surface area contributed by atoms with Gasteiger partial charge >= 0.3 is 0 Å². The molecule has 1 aromatic heterocycles. The molecule has 310 valence electrons. The topological polar surface area (TPSA) is 8.17 Å². The van der Waals surface area contributed by atoms with Crippen LogP contribution in [0.15, 0.2) is 267 Å². The molecule has 0 saturated heterocycles. The highest BCUT2D eigenvalue weighted by Gasteiger charge is 2.20. The molecule has 12 aromatic rings. The number of aromatic nitrogens is 1. The number of nitrogens with zero attached hydrogens (tertiary/aromatic N) is 2. The van der Waals surface area contributed by atoms with Crippen molar-refractivity contribution in [2.75, 3.05) is 4.90 Å². The first-order valence-corrected chi connectivity index (χ1v) is 22.7. The third-order valence-corrected chi connectivity index (χ3v) is 13.0. The van der Waals surface area contributed by atoms with Crippen molar-refractivity contribution in [2.45, 2.75) is 0 Å². The van der Waals surface area contributed by atoms with Gasteiger partial charge in [0.2, 0.25) is 0 Å². The second kappa shape index (κ2) is 16.8. The van der Waals surface area contributed by atoms with Gasteiger partial charge in [0.15, 0.2) is 0 Å². The molecule has 0 bridgehead atoms. The van der Waals surface area contributed by atoms with E-state index < -0.39 is 0 Å². The first kappa shape index (κ1) is 38.9. The number of para-hydroxylation sites is 2. The van der Waals surface area contributed by atoms with Gasteiger partial charge in [-0.25, -0.2) is 0 Å². The molecule has 1 heterocycles. The lowest BCUT2D eigenvalue weighted by atomic mass is 9.84. The Morgan fingerprint density at radius 2 is 0.682 bits per heavy atom. The Balaban J connectivity index is 1.01. The van der Waals surface area contributed by atoms with E-state index in [1.54, 1.807) is 0 Å². The lowest BCUT2D eigenvalue weighted by Crippen LogP contribution is -2.10. The van der Waals surface area contributed by atoms with Crippen LogP contribution < -0.4 is 4.90 Å². The van der Waals surface area contributed by atoms with E-state index in [2.05, 4.69) is 276 Å². The fourth-order valence-corrected chi connectivity index (χ4v) is 9.99. The van der Waals surface area contributed by atoms with Gasteiger partial charge in [0.1, 0.15) is 0 Å². The van der Waals surface area contributed by atoms with E-state index in [4.69, 9.17) is 0 Å². The molecule has 0 atom stereocenters. The maximum Gasteiger partial charge on any atom is 0.0541 e. The molecule has 12 rings (SSSR count). The van der Waals surface area contributed by atoms with Crippen LogP contribution in [0.4, 0.5) is 17.1 Å². The number of hydrogen-bond donors (Lipinski definition) is 0. The first-order chi connectivity index (χ1) is 32.8. The Morgan fingerprint density at radius 3 is 1.32 bits per heavy atom. The average Bonchev–Trinajstić information content (AvgIpc) is 3.74. The molecule has 0 aliphatic heterocycles. The summed E-state index contributed by atoms with van der Waals surface area (Å²) in [5.41, 5.74) is 18.7. The summed E-state index contributed by atoms with van der Waals surface area (Å²) in [4.78, 5) is 2.39. The van der Waals surface area contributed by atoms with Gasteiger partial charge < -0.3 is 9.47 Å². The monoisotopic (exact) mass is 840 g/mol. The van der Waals surface area contributed by atoms with Gasteiger partial charge in [-0.15, -0.1) is 0 Å². The fraction of sp³-hybridized carbons (Fsp3) is 0. The zero-order valence-electron chi connectivity index (χ0n) is 36.3. The normalized spacial score (nSPS) is 11.3. The van der Waals surface area contributed by atoms with Gasteiger partial charge in [0.25, 0.3) is 0 Å². The second-order valence-electron chi connectivity index (χ2n) is 16.9. The molecule has 2 nitrogen and oxygen atoms in total. The summed E-state index contributed by atoms with van der Waals surface area (Å²) in [6.45, 7) is 0. The maximum atomic E-state index is 2.40. The third kappa shape index (κ3) is 6.93. The highest BCUT2D eigenvalue weighted by atomic mass is 15.1. The minimum atomic E-state index is 1.07. The van der Waals surface area contributed by atoms with Gasteiger partial charge in [-0.2, -0.15) is 0 Å². The highest BCUT2D eigenvalue weighted by molar-refractivity contribution is 6.09. The summed E-state index contributed by atoms with van der Waals surface area (Å²) in [6, 6.07) is 96.9. The molecular weight excluding hydrogens is 797 g/mol. The molecule has 0 saturated carbocycles. The molecule has 2 heteroatoms. The largest absolute Gasteiger partial charge is 0.310 e. The lowest BCUT2D eigenvalue weighted by Gasteiger charge is -2.27. The molecule has 0 spiro atoms. The zero-order valence-corrected chi connectivity index (χ0v) is 36.3. The van der Waals surface area contributed by atoms with Crippen LogP contribution in [0.5, 0.6) is 0 Å². The van der Waals surface area contributed by atoms with E-state index in [-0.39, 0.29) is 0 Å². The minimum Gasteiger partial charge on any atom is -0.310 e. The van der Waals surface area contributed by atoms with Crippen molar-refractivity contribution < 1.29 is 0 Å². The van der Waals surface area contributed by atoms with Gasteiger partial charge in [0, 0.05) is 33.5 Å². The van der Waals surface area contributed by atoms with Crippen LogP contribution in [-0.4, -0.2) is 4.57 Å². The quantitative estimate of drug-likeness (QED) is 0.141. The number of anilines is 3. The molecule has 0 amide bonds. The van der Waals surface area contributed by atoms with E-state index in [9.17, 15) is 0 Å². The molecule has 0 aliphatic rings. The third-order valence-electron chi connectivity index (χ3n) is 13.0. The molecule has 0 aliphatic carbocycles. The van der Waals surface area contributed by atoms with Crippen molar-refractivity contribution in [1.82, 2.24) is 4.57 Å². The van der Waals surface area contributed by atoms with Crippen LogP contribution in [0.3, 0.4) is 0 Å². The minimum absolute atomic E-state index is 1.07. The molecular formula is C64H44N2. The van der Waals surface area contributed by atoms with Crippen LogP contribution in [0.2, 0.25) is 0 Å². The Labute approximate surface area is 385 Å². The molecule has 0 N–H and O–H groups in total. The van der Waals surface area contributed by atoms with Crippen molar-refractivity contribution >= 4 is 49.6 Å². The van der Waals surface area contributed by atoms with Crippen LogP contribution in [0, 0.1) is 0 Å². The van der Waals surface area contributed by atoms with E-state index in [1.807, 2.05) is 0 Å². The van der Waals surface area contributed by atoms with E-state index in [0.717, 1.165) is 28.3 Å². The number of hydrogen-bond acceptors (Lipinski definition) is 1. The Bertz CT molecular complexity index is 3620. The predicted octanol–water partition coefficient (Wildman–Crippen LogP) is 17.7. The Hall–Kier alpha value is -8.72. The molecule has 0 radical (unpaired) electrons. The summed E-state index contributed by atoms with van der Waals surface area (Å²) in [5, 5.41) is 4.99. The second-order valence-corrected chi connectivity index (χ2v) is 16.9.